The Morgan fingerprint density at radius 1 is 1.32 bits per heavy atom. The van der Waals surface area contributed by atoms with Gasteiger partial charge < -0.3 is 15.3 Å². The molecule has 0 saturated heterocycles. The number of carboxylic acid groups (broad SMARTS) is 1. The summed E-state index contributed by atoms with van der Waals surface area (Å²) < 4.78 is 0. The van der Waals surface area contributed by atoms with E-state index in [1.54, 1.807) is 19.2 Å². The number of hydrogen-bond donors (Lipinski definition) is 2. The van der Waals surface area contributed by atoms with Gasteiger partial charge in [0, 0.05) is 31.6 Å². The Morgan fingerprint density at radius 3 is 2.53 bits per heavy atom. The number of halogens is 1. The highest BCUT2D eigenvalue weighted by molar-refractivity contribution is 6.30. The lowest BCUT2D eigenvalue weighted by Crippen LogP contribution is -2.37. The number of carboxylic acids is 1. The summed E-state index contributed by atoms with van der Waals surface area (Å²) in [4.78, 5) is 23.5. The molecular weight excluding hydrogens is 268 g/mol. The molecule has 0 aliphatic rings. The average molecular weight is 285 g/mol. The van der Waals surface area contributed by atoms with Gasteiger partial charge in [0.1, 0.15) is 0 Å². The molecule has 1 aromatic carbocycles. The van der Waals surface area contributed by atoms with E-state index in [1.807, 2.05) is 12.1 Å². The first kappa shape index (κ1) is 15.3. The third kappa shape index (κ3) is 6.10. The maximum atomic E-state index is 11.7. The minimum Gasteiger partial charge on any atom is -0.481 e. The van der Waals surface area contributed by atoms with Crippen molar-refractivity contribution in [3.63, 3.8) is 0 Å². The van der Waals surface area contributed by atoms with Crippen molar-refractivity contribution in [1.82, 2.24) is 10.2 Å². The number of nitrogens with one attached hydrogen (secondary N) is 1. The number of carbonyl (C=O) groups excluding carboxylic acids is 1. The number of urea groups is 1. The molecule has 0 heterocycles. The van der Waals surface area contributed by atoms with Crippen LogP contribution in [0.5, 0.6) is 0 Å². The molecule has 2 N–H and O–H groups in total. The van der Waals surface area contributed by atoms with Crippen LogP contribution in [0, 0.1) is 0 Å². The van der Waals surface area contributed by atoms with Gasteiger partial charge in [-0.1, -0.05) is 23.7 Å². The van der Waals surface area contributed by atoms with Crippen molar-refractivity contribution in [2.24, 2.45) is 0 Å². The summed E-state index contributed by atoms with van der Waals surface area (Å²) in [6.45, 7) is 0.831. The molecule has 0 aliphatic carbocycles. The highest BCUT2D eigenvalue weighted by Gasteiger charge is 2.08. The number of rotatable bonds is 6. The molecule has 0 saturated carbocycles. The second kappa shape index (κ2) is 7.63. The summed E-state index contributed by atoms with van der Waals surface area (Å²) in [6, 6.07) is 6.99. The van der Waals surface area contributed by atoms with Crippen LogP contribution in [0.3, 0.4) is 0 Å². The van der Waals surface area contributed by atoms with E-state index < -0.39 is 5.97 Å². The third-order valence-corrected chi connectivity index (χ3v) is 2.84. The van der Waals surface area contributed by atoms with Crippen LogP contribution in [0.1, 0.15) is 18.4 Å². The lowest BCUT2D eigenvalue weighted by Gasteiger charge is -2.17. The minimum atomic E-state index is -0.852. The summed E-state index contributed by atoms with van der Waals surface area (Å²) >= 11 is 5.76. The molecule has 0 bridgehead atoms. The van der Waals surface area contributed by atoms with Gasteiger partial charge >= 0.3 is 12.0 Å². The molecule has 0 radical (unpaired) electrons. The zero-order chi connectivity index (χ0) is 14.3. The Bertz CT molecular complexity index is 434. The van der Waals surface area contributed by atoms with E-state index in [0.717, 1.165) is 5.56 Å². The van der Waals surface area contributed by atoms with Crippen molar-refractivity contribution in [2.75, 3.05) is 13.6 Å². The molecule has 0 fully saturated rings. The highest BCUT2D eigenvalue weighted by atomic mass is 35.5. The smallest absolute Gasteiger partial charge is 0.317 e. The van der Waals surface area contributed by atoms with Crippen LogP contribution in [0.25, 0.3) is 0 Å². The Morgan fingerprint density at radius 2 is 1.95 bits per heavy atom. The molecule has 0 atom stereocenters. The number of carbonyl (C=O) groups is 2. The quantitative estimate of drug-likeness (QED) is 0.842. The van der Waals surface area contributed by atoms with Crippen molar-refractivity contribution in [2.45, 2.75) is 19.4 Å². The van der Waals surface area contributed by atoms with Crippen molar-refractivity contribution in [3.05, 3.63) is 34.9 Å². The molecular formula is C13H17ClN2O3. The molecule has 0 aromatic heterocycles. The van der Waals surface area contributed by atoms with E-state index in [-0.39, 0.29) is 12.5 Å². The largest absolute Gasteiger partial charge is 0.481 e. The Balaban J connectivity index is 2.30. The van der Waals surface area contributed by atoms with Crippen LogP contribution < -0.4 is 5.32 Å². The lowest BCUT2D eigenvalue weighted by molar-refractivity contribution is -0.137. The van der Waals surface area contributed by atoms with Crippen LogP contribution in [0.2, 0.25) is 5.02 Å². The van der Waals surface area contributed by atoms with Crippen LogP contribution in [-0.2, 0) is 11.3 Å². The van der Waals surface area contributed by atoms with Crippen molar-refractivity contribution < 1.29 is 14.7 Å². The molecule has 1 aromatic rings. The van der Waals surface area contributed by atoms with E-state index >= 15 is 0 Å². The van der Waals surface area contributed by atoms with Crippen molar-refractivity contribution in [1.29, 1.82) is 0 Å². The van der Waals surface area contributed by atoms with E-state index in [0.29, 0.717) is 24.5 Å². The first-order valence-corrected chi connectivity index (χ1v) is 6.32. The van der Waals surface area contributed by atoms with Gasteiger partial charge in [-0.3, -0.25) is 4.79 Å². The minimum absolute atomic E-state index is 0.0643. The predicted molar refractivity (Wildman–Crippen MR) is 73.2 cm³/mol. The molecule has 104 valence electrons. The van der Waals surface area contributed by atoms with Gasteiger partial charge in [-0.05, 0) is 24.1 Å². The summed E-state index contributed by atoms with van der Waals surface area (Å²) in [5.41, 5.74) is 0.955. The monoisotopic (exact) mass is 284 g/mol. The van der Waals surface area contributed by atoms with Gasteiger partial charge in [-0.15, -0.1) is 0 Å². The van der Waals surface area contributed by atoms with Crippen molar-refractivity contribution >= 4 is 23.6 Å². The number of nitrogens with zero attached hydrogens (tertiary/aromatic N) is 1. The molecule has 6 heteroatoms. The average Bonchev–Trinajstić information content (AvgIpc) is 2.37. The van der Waals surface area contributed by atoms with Gasteiger partial charge in [-0.25, -0.2) is 4.79 Å². The second-order valence-corrected chi connectivity index (χ2v) is 4.64. The summed E-state index contributed by atoms with van der Waals surface area (Å²) in [5, 5.41) is 11.9. The predicted octanol–water partition coefficient (Wildman–Crippen LogP) is 2.35. The van der Waals surface area contributed by atoms with Gasteiger partial charge in [0.2, 0.25) is 0 Å². The summed E-state index contributed by atoms with van der Waals surface area (Å²) in [7, 11) is 1.64. The Labute approximate surface area is 117 Å². The zero-order valence-electron chi connectivity index (χ0n) is 10.7. The fourth-order valence-electron chi connectivity index (χ4n) is 1.48. The first-order valence-electron chi connectivity index (χ1n) is 5.94. The number of amides is 2. The fraction of sp³-hybridized carbons (Fsp3) is 0.385. The summed E-state index contributed by atoms with van der Waals surface area (Å²) in [5.74, 6) is -0.852. The highest BCUT2D eigenvalue weighted by Crippen LogP contribution is 2.09. The number of hydrogen-bond acceptors (Lipinski definition) is 2. The zero-order valence-corrected chi connectivity index (χ0v) is 11.5. The number of aliphatic carboxylic acids is 1. The van der Waals surface area contributed by atoms with Gasteiger partial charge in [0.15, 0.2) is 0 Å². The van der Waals surface area contributed by atoms with Crippen LogP contribution in [0.15, 0.2) is 24.3 Å². The van der Waals surface area contributed by atoms with Crippen molar-refractivity contribution in [3.8, 4) is 0 Å². The van der Waals surface area contributed by atoms with E-state index in [9.17, 15) is 9.59 Å². The Hall–Kier alpha value is -1.75. The van der Waals surface area contributed by atoms with Crippen LogP contribution in [0.4, 0.5) is 4.79 Å². The third-order valence-electron chi connectivity index (χ3n) is 2.59. The van der Waals surface area contributed by atoms with Crippen LogP contribution in [-0.4, -0.2) is 35.6 Å². The molecule has 0 unspecified atom stereocenters. The second-order valence-electron chi connectivity index (χ2n) is 4.20. The van der Waals surface area contributed by atoms with Crippen LogP contribution >= 0.6 is 11.6 Å². The van der Waals surface area contributed by atoms with E-state index in [2.05, 4.69) is 5.32 Å². The Kier molecular flexibility index (Phi) is 6.15. The molecule has 2 amide bonds. The SMILES string of the molecule is CN(CCCC(=O)O)C(=O)NCc1ccc(Cl)cc1. The lowest BCUT2D eigenvalue weighted by atomic mass is 10.2. The molecule has 5 nitrogen and oxygen atoms in total. The molecule has 19 heavy (non-hydrogen) atoms. The molecule has 1 rings (SSSR count). The fourth-order valence-corrected chi connectivity index (χ4v) is 1.61. The van der Waals surface area contributed by atoms with Gasteiger partial charge in [-0.2, -0.15) is 0 Å². The molecule has 0 spiro atoms. The maximum Gasteiger partial charge on any atom is 0.317 e. The maximum absolute atomic E-state index is 11.7. The molecule has 0 aliphatic heterocycles. The topological polar surface area (TPSA) is 69.6 Å². The number of benzene rings is 1. The summed E-state index contributed by atoms with van der Waals surface area (Å²) in [6.07, 6.45) is 0.509. The van der Waals surface area contributed by atoms with E-state index in [4.69, 9.17) is 16.7 Å². The van der Waals surface area contributed by atoms with E-state index in [1.165, 1.54) is 4.90 Å². The standard InChI is InChI=1S/C13H17ClN2O3/c1-16(8-2-3-12(17)18)13(19)15-9-10-4-6-11(14)7-5-10/h4-7H,2-3,8-9H2,1H3,(H,15,19)(H,17,18). The first-order chi connectivity index (χ1) is 8.99. The van der Waals surface area contributed by atoms with Gasteiger partial charge in [0.25, 0.3) is 0 Å². The van der Waals surface area contributed by atoms with Gasteiger partial charge in [0.05, 0.1) is 0 Å². The normalized spacial score (nSPS) is 10.0.